The molecule has 1 aliphatic heterocycles. The van der Waals surface area contributed by atoms with E-state index in [-0.39, 0.29) is 28.9 Å². The highest BCUT2D eigenvalue weighted by atomic mass is 32.2. The number of halogens is 1. The lowest BCUT2D eigenvalue weighted by atomic mass is 10.3. The number of carbonyl (C=O) groups is 3. The highest BCUT2D eigenvalue weighted by molar-refractivity contribution is 8.02. The van der Waals surface area contributed by atoms with Crippen LogP contribution in [0.5, 0.6) is 0 Å². The van der Waals surface area contributed by atoms with Crippen LogP contribution >= 0.6 is 11.8 Å². The van der Waals surface area contributed by atoms with E-state index < -0.39 is 11.7 Å². The Balaban J connectivity index is 2.02. The van der Waals surface area contributed by atoms with Gasteiger partial charge in [0.15, 0.2) is 0 Å². The number of imide groups is 1. The van der Waals surface area contributed by atoms with E-state index >= 15 is 0 Å². The standard InChI is InChI=1S/C14H15FN2O3S/c1-8-13(19)17(14(20)9(2)21-8)7-12(18)16-11-5-3-10(15)4-6-11/h3-6,8-9H,7H2,1-2H3,(H,16,18)/t8-,9-/m1/s1. The third kappa shape index (κ3) is 3.60. The number of nitrogens with one attached hydrogen (secondary N) is 1. The second kappa shape index (κ2) is 6.26. The molecule has 1 saturated heterocycles. The fraction of sp³-hybridized carbons (Fsp3) is 0.357. The molecule has 1 aromatic rings. The van der Waals surface area contributed by atoms with Crippen molar-refractivity contribution in [3.63, 3.8) is 0 Å². The van der Waals surface area contributed by atoms with Crippen LogP contribution in [-0.2, 0) is 14.4 Å². The first-order valence-electron chi connectivity index (χ1n) is 6.44. The van der Waals surface area contributed by atoms with Gasteiger partial charge in [-0.3, -0.25) is 19.3 Å². The van der Waals surface area contributed by atoms with Gasteiger partial charge in [0.1, 0.15) is 12.4 Å². The zero-order valence-electron chi connectivity index (χ0n) is 11.6. The summed E-state index contributed by atoms with van der Waals surface area (Å²) in [5.41, 5.74) is 0.411. The zero-order valence-corrected chi connectivity index (χ0v) is 12.4. The molecule has 2 rings (SSSR count). The van der Waals surface area contributed by atoms with Crippen molar-refractivity contribution >= 4 is 35.2 Å². The van der Waals surface area contributed by atoms with Crippen LogP contribution in [0, 0.1) is 5.82 Å². The number of thioether (sulfide) groups is 1. The summed E-state index contributed by atoms with van der Waals surface area (Å²) < 4.78 is 12.8. The van der Waals surface area contributed by atoms with Crippen LogP contribution in [0.4, 0.5) is 10.1 Å². The molecule has 1 aromatic carbocycles. The second-order valence-electron chi connectivity index (χ2n) is 4.74. The van der Waals surface area contributed by atoms with E-state index in [4.69, 9.17) is 0 Å². The van der Waals surface area contributed by atoms with Gasteiger partial charge in [-0.2, -0.15) is 0 Å². The molecule has 0 aromatic heterocycles. The fourth-order valence-electron chi connectivity index (χ4n) is 2.00. The molecule has 1 fully saturated rings. The summed E-state index contributed by atoms with van der Waals surface area (Å²) in [6, 6.07) is 5.25. The summed E-state index contributed by atoms with van der Waals surface area (Å²) >= 11 is 1.28. The molecule has 112 valence electrons. The molecule has 1 heterocycles. The maximum absolute atomic E-state index is 12.8. The van der Waals surface area contributed by atoms with Crippen molar-refractivity contribution < 1.29 is 18.8 Å². The Kier molecular flexibility index (Phi) is 4.62. The van der Waals surface area contributed by atoms with E-state index in [1.54, 1.807) is 13.8 Å². The van der Waals surface area contributed by atoms with Gasteiger partial charge in [0.05, 0.1) is 10.5 Å². The Morgan fingerprint density at radius 1 is 1.19 bits per heavy atom. The highest BCUT2D eigenvalue weighted by Crippen LogP contribution is 2.26. The Morgan fingerprint density at radius 2 is 1.71 bits per heavy atom. The lowest BCUT2D eigenvalue weighted by Gasteiger charge is -2.31. The molecule has 7 heteroatoms. The Morgan fingerprint density at radius 3 is 2.24 bits per heavy atom. The Labute approximate surface area is 125 Å². The number of hydrogen-bond acceptors (Lipinski definition) is 4. The molecule has 0 spiro atoms. The lowest BCUT2D eigenvalue weighted by Crippen LogP contribution is -2.52. The zero-order chi connectivity index (χ0) is 15.6. The number of rotatable bonds is 3. The van der Waals surface area contributed by atoms with E-state index in [1.165, 1.54) is 36.0 Å². The fourth-order valence-corrected chi connectivity index (χ4v) is 3.10. The maximum atomic E-state index is 12.8. The molecule has 1 N–H and O–H groups in total. The first-order chi connectivity index (χ1) is 9.88. The van der Waals surface area contributed by atoms with Gasteiger partial charge < -0.3 is 5.32 Å². The first kappa shape index (κ1) is 15.5. The van der Waals surface area contributed by atoms with Crippen LogP contribution in [0.3, 0.4) is 0 Å². The van der Waals surface area contributed by atoms with E-state index in [1.807, 2.05) is 0 Å². The average Bonchev–Trinajstić information content (AvgIpc) is 2.44. The smallest absolute Gasteiger partial charge is 0.244 e. The van der Waals surface area contributed by atoms with Gasteiger partial charge in [-0.05, 0) is 38.1 Å². The predicted molar refractivity (Wildman–Crippen MR) is 78.3 cm³/mol. The summed E-state index contributed by atoms with van der Waals surface area (Å²) in [6.45, 7) is 3.09. The summed E-state index contributed by atoms with van der Waals surface area (Å²) in [7, 11) is 0. The molecule has 0 saturated carbocycles. The quantitative estimate of drug-likeness (QED) is 0.862. The summed E-state index contributed by atoms with van der Waals surface area (Å²) in [4.78, 5) is 36.8. The molecule has 21 heavy (non-hydrogen) atoms. The minimum atomic E-state index is -0.491. The van der Waals surface area contributed by atoms with Gasteiger partial charge in [-0.15, -0.1) is 11.8 Å². The third-order valence-corrected chi connectivity index (χ3v) is 4.29. The number of hydrogen-bond donors (Lipinski definition) is 1. The van der Waals surface area contributed by atoms with Crippen LogP contribution in [-0.4, -0.2) is 39.7 Å². The van der Waals surface area contributed by atoms with Crippen molar-refractivity contribution in [3.8, 4) is 0 Å². The second-order valence-corrected chi connectivity index (χ2v) is 6.42. The molecule has 2 atom stereocenters. The summed E-state index contributed by atoms with van der Waals surface area (Å²) in [6.07, 6.45) is 0. The van der Waals surface area contributed by atoms with E-state index in [9.17, 15) is 18.8 Å². The number of nitrogens with zero attached hydrogens (tertiary/aromatic N) is 1. The van der Waals surface area contributed by atoms with E-state index in [0.29, 0.717) is 5.69 Å². The van der Waals surface area contributed by atoms with Gasteiger partial charge >= 0.3 is 0 Å². The lowest BCUT2D eigenvalue weighted by molar-refractivity contribution is -0.147. The van der Waals surface area contributed by atoms with E-state index in [2.05, 4.69) is 5.32 Å². The molecule has 0 aliphatic carbocycles. The van der Waals surface area contributed by atoms with Crippen LogP contribution in [0.2, 0.25) is 0 Å². The minimum Gasteiger partial charge on any atom is -0.325 e. The van der Waals surface area contributed by atoms with Crippen LogP contribution in [0.25, 0.3) is 0 Å². The molecule has 3 amide bonds. The topological polar surface area (TPSA) is 66.5 Å². The number of anilines is 1. The van der Waals surface area contributed by atoms with Gasteiger partial charge in [0.2, 0.25) is 17.7 Å². The molecular formula is C14H15FN2O3S. The van der Waals surface area contributed by atoms with Gasteiger partial charge in [0, 0.05) is 5.69 Å². The van der Waals surface area contributed by atoms with Crippen molar-refractivity contribution in [2.24, 2.45) is 0 Å². The summed E-state index contributed by atoms with van der Waals surface area (Å²) in [5.74, 6) is -1.63. The van der Waals surface area contributed by atoms with Crippen LogP contribution < -0.4 is 5.32 Å². The van der Waals surface area contributed by atoms with Crippen molar-refractivity contribution in [1.29, 1.82) is 0 Å². The van der Waals surface area contributed by atoms with Gasteiger partial charge in [0.25, 0.3) is 0 Å². The highest BCUT2D eigenvalue weighted by Gasteiger charge is 2.37. The third-order valence-electron chi connectivity index (χ3n) is 3.07. The largest absolute Gasteiger partial charge is 0.325 e. The number of benzene rings is 1. The van der Waals surface area contributed by atoms with Crippen molar-refractivity contribution in [2.45, 2.75) is 24.3 Å². The van der Waals surface area contributed by atoms with Crippen LogP contribution in [0.1, 0.15) is 13.8 Å². The molecule has 0 radical (unpaired) electrons. The number of carbonyl (C=O) groups excluding carboxylic acids is 3. The van der Waals surface area contributed by atoms with E-state index in [0.717, 1.165) is 4.90 Å². The molecule has 0 unspecified atom stereocenters. The molecular weight excluding hydrogens is 295 g/mol. The SMILES string of the molecule is C[C@H]1S[C@H](C)C(=O)N(CC(=O)Nc2ccc(F)cc2)C1=O. The first-order valence-corrected chi connectivity index (χ1v) is 7.39. The summed E-state index contributed by atoms with van der Waals surface area (Å²) in [5, 5.41) is 1.83. The monoisotopic (exact) mass is 310 g/mol. The Hall–Kier alpha value is -1.89. The average molecular weight is 310 g/mol. The Bertz CT molecular complexity index is 556. The number of amides is 3. The minimum absolute atomic E-state index is 0.329. The van der Waals surface area contributed by atoms with Crippen molar-refractivity contribution in [1.82, 2.24) is 4.90 Å². The van der Waals surface area contributed by atoms with Gasteiger partial charge in [-0.25, -0.2) is 4.39 Å². The molecule has 5 nitrogen and oxygen atoms in total. The maximum Gasteiger partial charge on any atom is 0.244 e. The van der Waals surface area contributed by atoms with Crippen LogP contribution in [0.15, 0.2) is 24.3 Å². The van der Waals surface area contributed by atoms with Crippen molar-refractivity contribution in [3.05, 3.63) is 30.1 Å². The molecule has 0 bridgehead atoms. The van der Waals surface area contributed by atoms with Gasteiger partial charge in [-0.1, -0.05) is 0 Å². The van der Waals surface area contributed by atoms with Crippen molar-refractivity contribution in [2.75, 3.05) is 11.9 Å². The molecule has 1 aliphatic rings. The normalized spacial score (nSPS) is 22.3. The predicted octanol–water partition coefficient (Wildman–Crippen LogP) is 1.64.